The first kappa shape index (κ1) is 22.5. The van der Waals surface area contributed by atoms with Crippen LogP contribution in [0.1, 0.15) is 42.1 Å². The predicted molar refractivity (Wildman–Crippen MR) is 134 cm³/mol. The van der Waals surface area contributed by atoms with E-state index in [4.69, 9.17) is 17.3 Å². The lowest BCUT2D eigenvalue weighted by Crippen LogP contribution is -2.37. The lowest BCUT2D eigenvalue weighted by atomic mass is 9.91. The fraction of sp³-hybridized carbons (Fsp3) is 0.250. The topological polar surface area (TPSA) is 141 Å². The van der Waals surface area contributed by atoms with Crippen LogP contribution >= 0.6 is 11.3 Å². The summed E-state index contributed by atoms with van der Waals surface area (Å²) in [6.45, 7) is 0. The van der Waals surface area contributed by atoms with Crippen LogP contribution in [0.2, 0.25) is 0 Å². The molecule has 1 aliphatic rings. The third-order valence-corrected chi connectivity index (χ3v) is 6.79. The fourth-order valence-corrected chi connectivity index (χ4v) is 4.90. The van der Waals surface area contributed by atoms with Crippen molar-refractivity contribution in [1.82, 2.24) is 30.0 Å². The average molecular weight is 487 g/mol. The van der Waals surface area contributed by atoms with Crippen LogP contribution in [0.5, 0.6) is 0 Å². The molecule has 1 aromatic carbocycles. The quantitative estimate of drug-likeness (QED) is 0.368. The summed E-state index contributed by atoms with van der Waals surface area (Å²) in [4.78, 5) is 36.8. The minimum absolute atomic E-state index is 0.0545. The highest BCUT2D eigenvalue weighted by Crippen LogP contribution is 2.36. The standard InChI is InChI=1S/C24H22N8O2S/c1-2-18(33)29-16-7-9-17(10-8-16)32-22-19(21(25)27-13-28-22)20(31-32)14-3-5-15(6-4-14)23(34)30-24-26-11-12-35-24/h1,3-6,11-13,16-17H,7-10H2,(H,29,33)(H2,25,27,28)(H,26,30,34). The van der Waals surface area contributed by atoms with E-state index in [-0.39, 0.29) is 23.9 Å². The molecule has 0 spiro atoms. The molecule has 176 valence electrons. The van der Waals surface area contributed by atoms with Crippen LogP contribution in [-0.4, -0.2) is 42.6 Å². The summed E-state index contributed by atoms with van der Waals surface area (Å²) < 4.78 is 1.91. The molecule has 1 saturated carbocycles. The minimum Gasteiger partial charge on any atom is -0.383 e. The number of carbonyl (C=O) groups is 2. The number of carbonyl (C=O) groups excluding carboxylic acids is 2. The molecule has 1 fully saturated rings. The van der Waals surface area contributed by atoms with Gasteiger partial charge in [0.25, 0.3) is 11.8 Å². The number of terminal acetylenes is 1. The maximum atomic E-state index is 12.5. The number of fused-ring (bicyclic) bond motifs is 1. The van der Waals surface area contributed by atoms with Crippen LogP contribution in [0, 0.1) is 12.3 Å². The van der Waals surface area contributed by atoms with Crippen molar-refractivity contribution < 1.29 is 9.59 Å². The summed E-state index contributed by atoms with van der Waals surface area (Å²) in [6, 6.07) is 7.30. The Bertz CT molecular complexity index is 1410. The Labute approximate surface area is 205 Å². The summed E-state index contributed by atoms with van der Waals surface area (Å²) in [5, 5.41) is 13.5. The van der Waals surface area contributed by atoms with Gasteiger partial charge in [-0.3, -0.25) is 14.9 Å². The van der Waals surface area contributed by atoms with E-state index in [1.165, 1.54) is 17.7 Å². The Balaban J connectivity index is 1.41. The molecule has 3 aromatic heterocycles. The van der Waals surface area contributed by atoms with Crippen molar-refractivity contribution >= 4 is 45.1 Å². The van der Waals surface area contributed by atoms with Crippen LogP contribution in [0.4, 0.5) is 10.9 Å². The first-order valence-electron chi connectivity index (χ1n) is 11.1. The zero-order valence-electron chi connectivity index (χ0n) is 18.6. The molecular formula is C24H22N8O2S. The summed E-state index contributed by atoms with van der Waals surface area (Å²) in [6.07, 6.45) is 11.4. The zero-order chi connectivity index (χ0) is 24.4. The van der Waals surface area contributed by atoms with Crippen LogP contribution in [-0.2, 0) is 4.79 Å². The van der Waals surface area contributed by atoms with E-state index in [1.54, 1.807) is 23.7 Å². The van der Waals surface area contributed by atoms with Gasteiger partial charge in [0.2, 0.25) is 0 Å². The third-order valence-electron chi connectivity index (χ3n) is 6.10. The molecule has 2 amide bonds. The molecule has 5 rings (SSSR count). The molecule has 0 bridgehead atoms. The molecule has 11 heteroatoms. The molecule has 4 aromatic rings. The number of nitrogens with two attached hydrogens (primary N) is 1. The molecule has 4 N–H and O–H groups in total. The van der Waals surface area contributed by atoms with Crippen LogP contribution in [0.3, 0.4) is 0 Å². The average Bonchev–Trinajstić information content (AvgIpc) is 3.53. The Morgan fingerprint density at radius 3 is 2.57 bits per heavy atom. The SMILES string of the molecule is C#CC(=O)NC1CCC(n2nc(-c3ccc(C(=O)Nc4nccs4)cc3)c3c(N)ncnc32)CC1. The van der Waals surface area contributed by atoms with Crippen LogP contribution in [0.25, 0.3) is 22.3 Å². The van der Waals surface area contributed by atoms with Crippen molar-refractivity contribution in [3.05, 3.63) is 47.7 Å². The number of nitrogens with one attached hydrogen (secondary N) is 2. The van der Waals surface area contributed by atoms with Gasteiger partial charge in [-0.15, -0.1) is 17.8 Å². The molecule has 0 atom stereocenters. The Morgan fingerprint density at radius 2 is 1.89 bits per heavy atom. The lowest BCUT2D eigenvalue weighted by Gasteiger charge is -2.28. The summed E-state index contributed by atoms with van der Waals surface area (Å²) in [5.74, 6) is 1.82. The number of amides is 2. The van der Waals surface area contributed by atoms with E-state index >= 15 is 0 Å². The number of nitrogens with zero attached hydrogens (tertiary/aromatic N) is 5. The fourth-order valence-electron chi connectivity index (χ4n) is 4.38. The number of hydrogen-bond donors (Lipinski definition) is 3. The van der Waals surface area contributed by atoms with Gasteiger partial charge < -0.3 is 11.1 Å². The predicted octanol–water partition coefficient (Wildman–Crippen LogP) is 3.02. The van der Waals surface area contributed by atoms with Gasteiger partial charge in [-0.2, -0.15) is 5.10 Å². The smallest absolute Gasteiger partial charge is 0.295 e. The molecule has 35 heavy (non-hydrogen) atoms. The number of hydrogen-bond acceptors (Lipinski definition) is 8. The summed E-state index contributed by atoms with van der Waals surface area (Å²) >= 11 is 1.36. The van der Waals surface area contributed by atoms with Crippen molar-refractivity contribution in [2.75, 3.05) is 11.1 Å². The Hall–Kier alpha value is -4.30. The first-order valence-corrected chi connectivity index (χ1v) is 12.0. The molecule has 0 unspecified atom stereocenters. The lowest BCUT2D eigenvalue weighted by molar-refractivity contribution is -0.116. The van der Waals surface area contributed by atoms with Gasteiger partial charge in [-0.1, -0.05) is 12.1 Å². The highest BCUT2D eigenvalue weighted by Gasteiger charge is 2.27. The maximum absolute atomic E-state index is 12.5. The van der Waals surface area contributed by atoms with E-state index in [1.807, 2.05) is 16.8 Å². The van der Waals surface area contributed by atoms with Crippen molar-refractivity contribution in [3.63, 3.8) is 0 Å². The van der Waals surface area contributed by atoms with Gasteiger partial charge in [-0.05, 0) is 43.7 Å². The van der Waals surface area contributed by atoms with Crippen LogP contribution in [0.15, 0.2) is 42.2 Å². The second-order valence-electron chi connectivity index (χ2n) is 8.24. The number of nitrogen functional groups attached to an aromatic ring is 1. The zero-order valence-corrected chi connectivity index (χ0v) is 19.5. The highest BCUT2D eigenvalue weighted by molar-refractivity contribution is 7.13. The van der Waals surface area contributed by atoms with Crippen LogP contribution < -0.4 is 16.4 Å². The minimum atomic E-state index is -0.385. The van der Waals surface area contributed by atoms with Crippen molar-refractivity contribution in [1.29, 1.82) is 0 Å². The first-order chi connectivity index (χ1) is 17.0. The highest BCUT2D eigenvalue weighted by atomic mass is 32.1. The molecule has 0 saturated heterocycles. The number of benzene rings is 1. The monoisotopic (exact) mass is 486 g/mol. The molecular weight excluding hydrogens is 464 g/mol. The van der Waals surface area contributed by atoms with E-state index in [0.29, 0.717) is 33.2 Å². The Morgan fingerprint density at radius 1 is 1.11 bits per heavy atom. The van der Waals surface area contributed by atoms with E-state index in [2.05, 4.69) is 31.5 Å². The summed E-state index contributed by atoms with van der Waals surface area (Å²) in [7, 11) is 0. The van der Waals surface area contributed by atoms with Gasteiger partial charge in [0.05, 0.1) is 11.4 Å². The van der Waals surface area contributed by atoms with E-state index < -0.39 is 0 Å². The molecule has 10 nitrogen and oxygen atoms in total. The van der Waals surface area contributed by atoms with Gasteiger partial charge in [0, 0.05) is 28.7 Å². The number of thiazole rings is 1. The third kappa shape index (κ3) is 4.56. The molecule has 1 aliphatic carbocycles. The van der Waals surface area contributed by atoms with Gasteiger partial charge >= 0.3 is 0 Å². The van der Waals surface area contributed by atoms with Crippen molar-refractivity contribution in [3.8, 4) is 23.6 Å². The summed E-state index contributed by atoms with van der Waals surface area (Å²) in [5.41, 5.74) is 8.87. The van der Waals surface area contributed by atoms with Crippen molar-refractivity contribution in [2.24, 2.45) is 0 Å². The molecule has 0 radical (unpaired) electrons. The number of rotatable bonds is 5. The second-order valence-corrected chi connectivity index (χ2v) is 9.14. The number of aromatic nitrogens is 5. The number of anilines is 2. The van der Waals surface area contributed by atoms with E-state index in [9.17, 15) is 9.59 Å². The maximum Gasteiger partial charge on any atom is 0.295 e. The van der Waals surface area contributed by atoms with Gasteiger partial charge in [0.1, 0.15) is 17.8 Å². The van der Waals surface area contributed by atoms with Gasteiger partial charge in [0.15, 0.2) is 10.8 Å². The Kier molecular flexibility index (Phi) is 6.12. The van der Waals surface area contributed by atoms with Crippen molar-refractivity contribution in [2.45, 2.75) is 37.8 Å². The largest absolute Gasteiger partial charge is 0.383 e. The molecule has 3 heterocycles. The second kappa shape index (κ2) is 9.52. The van der Waals surface area contributed by atoms with E-state index in [0.717, 1.165) is 31.2 Å². The molecule has 0 aliphatic heterocycles. The normalized spacial score (nSPS) is 17.6. The van der Waals surface area contributed by atoms with Gasteiger partial charge in [-0.25, -0.2) is 19.6 Å².